The fraction of sp³-hybridized carbons (Fsp3) is 0.625. The third-order valence-electron chi connectivity index (χ3n) is 3.77. The van der Waals surface area contributed by atoms with Gasteiger partial charge in [0.2, 0.25) is 0 Å². The third kappa shape index (κ3) is 4.28. The summed E-state index contributed by atoms with van der Waals surface area (Å²) in [4.78, 5) is 2.25. The summed E-state index contributed by atoms with van der Waals surface area (Å²) in [6, 6.07) is 6.21. The predicted octanol–water partition coefficient (Wildman–Crippen LogP) is 1.42. The molecule has 2 N–H and O–H groups in total. The number of aliphatic hydroxyl groups is 2. The normalized spacial score (nSPS) is 21.9. The highest BCUT2D eigenvalue weighted by molar-refractivity contribution is 5.29. The summed E-state index contributed by atoms with van der Waals surface area (Å²) < 4.78 is 5.43. The van der Waals surface area contributed by atoms with Crippen LogP contribution in [0.1, 0.15) is 29.2 Å². The Balaban J connectivity index is 1.86. The number of morpholine rings is 1. The van der Waals surface area contributed by atoms with E-state index < -0.39 is 6.10 Å². The zero-order valence-corrected chi connectivity index (χ0v) is 12.4. The fourth-order valence-corrected chi connectivity index (χ4v) is 2.77. The van der Waals surface area contributed by atoms with Gasteiger partial charge in [-0.1, -0.05) is 29.3 Å². The van der Waals surface area contributed by atoms with Gasteiger partial charge in [-0.3, -0.25) is 4.90 Å². The first-order valence-corrected chi connectivity index (χ1v) is 7.29. The maximum atomic E-state index is 10.3. The van der Waals surface area contributed by atoms with Gasteiger partial charge >= 0.3 is 0 Å². The van der Waals surface area contributed by atoms with E-state index in [9.17, 15) is 5.11 Å². The van der Waals surface area contributed by atoms with Gasteiger partial charge < -0.3 is 14.9 Å². The Labute approximate surface area is 121 Å². The van der Waals surface area contributed by atoms with Crippen molar-refractivity contribution in [1.82, 2.24) is 4.90 Å². The molecule has 0 spiro atoms. The lowest BCUT2D eigenvalue weighted by Gasteiger charge is -2.32. The Bertz CT molecular complexity index is 415. The molecule has 4 heteroatoms. The van der Waals surface area contributed by atoms with Crippen LogP contribution in [0.25, 0.3) is 0 Å². The molecule has 2 atom stereocenters. The minimum atomic E-state index is -0.427. The summed E-state index contributed by atoms with van der Waals surface area (Å²) >= 11 is 0. The molecule has 2 unspecified atom stereocenters. The molecule has 1 aromatic carbocycles. The molecule has 0 aliphatic carbocycles. The van der Waals surface area contributed by atoms with Crippen LogP contribution < -0.4 is 0 Å². The van der Waals surface area contributed by atoms with Crippen molar-refractivity contribution in [2.24, 2.45) is 0 Å². The number of benzene rings is 1. The SMILES string of the molecule is Cc1cc(C)cc(C(O)CCN2CCOC(CO)C2)c1. The molecule has 0 amide bonds. The van der Waals surface area contributed by atoms with Gasteiger partial charge in [-0.15, -0.1) is 0 Å². The van der Waals surface area contributed by atoms with Gasteiger partial charge in [0.05, 0.1) is 25.4 Å². The number of hydrogen-bond acceptors (Lipinski definition) is 4. The van der Waals surface area contributed by atoms with E-state index in [0.29, 0.717) is 13.0 Å². The van der Waals surface area contributed by atoms with Crippen LogP contribution in [0.5, 0.6) is 0 Å². The summed E-state index contributed by atoms with van der Waals surface area (Å²) in [6.45, 7) is 7.27. The number of aryl methyl sites for hydroxylation is 2. The Morgan fingerprint density at radius 1 is 1.30 bits per heavy atom. The van der Waals surface area contributed by atoms with Crippen molar-refractivity contribution in [3.8, 4) is 0 Å². The molecule has 0 aromatic heterocycles. The zero-order chi connectivity index (χ0) is 14.5. The van der Waals surface area contributed by atoms with Crippen LogP contribution in [0.15, 0.2) is 18.2 Å². The minimum Gasteiger partial charge on any atom is -0.394 e. The van der Waals surface area contributed by atoms with Gasteiger partial charge in [0, 0.05) is 19.6 Å². The van der Waals surface area contributed by atoms with E-state index in [1.54, 1.807) is 0 Å². The molecular formula is C16H25NO3. The van der Waals surface area contributed by atoms with Crippen molar-refractivity contribution in [3.05, 3.63) is 34.9 Å². The number of rotatable bonds is 5. The third-order valence-corrected chi connectivity index (χ3v) is 3.77. The van der Waals surface area contributed by atoms with E-state index in [4.69, 9.17) is 9.84 Å². The lowest BCUT2D eigenvalue weighted by molar-refractivity contribution is -0.0551. The Kier molecular flexibility index (Phi) is 5.54. The summed E-state index contributed by atoms with van der Waals surface area (Å²) in [5, 5.41) is 19.4. The fourth-order valence-electron chi connectivity index (χ4n) is 2.77. The van der Waals surface area contributed by atoms with Gasteiger partial charge in [-0.25, -0.2) is 0 Å². The Morgan fingerprint density at radius 2 is 2.00 bits per heavy atom. The molecule has 1 aliphatic heterocycles. The first-order valence-electron chi connectivity index (χ1n) is 7.29. The van der Waals surface area contributed by atoms with Crippen molar-refractivity contribution in [1.29, 1.82) is 0 Å². The number of ether oxygens (including phenoxy) is 1. The number of hydrogen-bond donors (Lipinski definition) is 2. The largest absolute Gasteiger partial charge is 0.394 e. The van der Waals surface area contributed by atoms with Crippen molar-refractivity contribution in [2.45, 2.75) is 32.5 Å². The zero-order valence-electron chi connectivity index (χ0n) is 12.4. The molecule has 4 nitrogen and oxygen atoms in total. The molecule has 0 bridgehead atoms. The molecule has 0 radical (unpaired) electrons. The summed E-state index contributed by atoms with van der Waals surface area (Å²) in [5.41, 5.74) is 3.37. The number of nitrogens with zero attached hydrogens (tertiary/aromatic N) is 1. The van der Waals surface area contributed by atoms with Crippen molar-refractivity contribution >= 4 is 0 Å². The summed E-state index contributed by atoms with van der Waals surface area (Å²) in [5.74, 6) is 0. The average molecular weight is 279 g/mol. The molecule has 20 heavy (non-hydrogen) atoms. The lowest BCUT2D eigenvalue weighted by atomic mass is 10.0. The molecule has 2 rings (SSSR count). The lowest BCUT2D eigenvalue weighted by Crippen LogP contribution is -2.44. The number of aliphatic hydroxyl groups excluding tert-OH is 2. The smallest absolute Gasteiger partial charge is 0.0932 e. The summed E-state index contributed by atoms with van der Waals surface area (Å²) in [6.07, 6.45) is 0.201. The highest BCUT2D eigenvalue weighted by Crippen LogP contribution is 2.20. The second-order valence-electron chi connectivity index (χ2n) is 5.70. The van der Waals surface area contributed by atoms with E-state index >= 15 is 0 Å². The topological polar surface area (TPSA) is 52.9 Å². The van der Waals surface area contributed by atoms with Crippen molar-refractivity contribution in [3.63, 3.8) is 0 Å². The Hall–Kier alpha value is -0.940. The van der Waals surface area contributed by atoms with Crippen LogP contribution in [0, 0.1) is 13.8 Å². The van der Waals surface area contributed by atoms with E-state index in [1.807, 2.05) is 12.1 Å². The highest BCUT2D eigenvalue weighted by Gasteiger charge is 2.20. The quantitative estimate of drug-likeness (QED) is 0.856. The van der Waals surface area contributed by atoms with Gasteiger partial charge in [0.1, 0.15) is 0 Å². The molecule has 1 aliphatic rings. The van der Waals surface area contributed by atoms with E-state index in [0.717, 1.165) is 25.2 Å². The van der Waals surface area contributed by atoms with Crippen LogP contribution >= 0.6 is 0 Å². The van der Waals surface area contributed by atoms with Crippen LogP contribution in [0.4, 0.5) is 0 Å². The van der Waals surface area contributed by atoms with Crippen LogP contribution in [-0.2, 0) is 4.74 Å². The van der Waals surface area contributed by atoms with Gasteiger partial charge in [0.15, 0.2) is 0 Å². The molecule has 1 saturated heterocycles. The van der Waals surface area contributed by atoms with Gasteiger partial charge in [-0.2, -0.15) is 0 Å². The monoisotopic (exact) mass is 279 g/mol. The standard InChI is InChI=1S/C16H25NO3/c1-12-7-13(2)9-14(8-12)16(19)3-4-17-5-6-20-15(10-17)11-18/h7-9,15-16,18-19H,3-6,10-11H2,1-2H3. The van der Waals surface area contributed by atoms with E-state index in [1.165, 1.54) is 11.1 Å². The van der Waals surface area contributed by atoms with E-state index in [-0.39, 0.29) is 12.7 Å². The molecule has 0 saturated carbocycles. The molecule has 1 aromatic rings. The first-order chi connectivity index (χ1) is 9.58. The maximum Gasteiger partial charge on any atom is 0.0932 e. The van der Waals surface area contributed by atoms with Crippen molar-refractivity contribution in [2.75, 3.05) is 32.8 Å². The summed E-state index contributed by atoms with van der Waals surface area (Å²) in [7, 11) is 0. The molecule has 1 fully saturated rings. The van der Waals surface area contributed by atoms with Crippen LogP contribution in [-0.4, -0.2) is 54.1 Å². The van der Waals surface area contributed by atoms with E-state index in [2.05, 4.69) is 24.8 Å². The molecule has 112 valence electrons. The first kappa shape index (κ1) is 15.4. The molecular weight excluding hydrogens is 254 g/mol. The second kappa shape index (κ2) is 7.18. The average Bonchev–Trinajstić information content (AvgIpc) is 2.44. The van der Waals surface area contributed by atoms with Crippen LogP contribution in [0.3, 0.4) is 0 Å². The molecule has 1 heterocycles. The van der Waals surface area contributed by atoms with Crippen LogP contribution in [0.2, 0.25) is 0 Å². The second-order valence-corrected chi connectivity index (χ2v) is 5.70. The Morgan fingerprint density at radius 3 is 2.65 bits per heavy atom. The minimum absolute atomic E-state index is 0.0656. The highest BCUT2D eigenvalue weighted by atomic mass is 16.5. The maximum absolute atomic E-state index is 10.3. The predicted molar refractivity (Wildman–Crippen MR) is 78.8 cm³/mol. The van der Waals surface area contributed by atoms with Crippen molar-refractivity contribution < 1.29 is 14.9 Å². The van der Waals surface area contributed by atoms with Gasteiger partial charge in [0.25, 0.3) is 0 Å². The van der Waals surface area contributed by atoms with Gasteiger partial charge in [-0.05, 0) is 25.8 Å².